The summed E-state index contributed by atoms with van der Waals surface area (Å²) in [6.07, 6.45) is 0. The molecule has 1 atom stereocenters. The predicted molar refractivity (Wildman–Crippen MR) is 127 cm³/mol. The fourth-order valence-corrected chi connectivity index (χ4v) is 4.59. The van der Waals surface area contributed by atoms with E-state index in [1.54, 1.807) is 24.3 Å². The number of hydrogen-bond acceptors (Lipinski definition) is 3. The summed E-state index contributed by atoms with van der Waals surface area (Å²) in [5, 5.41) is 4.53. The number of amides is 1. The number of nitrogens with zero attached hydrogens (tertiary/aromatic N) is 2. The van der Waals surface area contributed by atoms with Gasteiger partial charge in [-0.1, -0.05) is 35.9 Å². The predicted octanol–water partition coefficient (Wildman–Crippen LogP) is 5.29. The van der Waals surface area contributed by atoms with Gasteiger partial charge in [-0.3, -0.25) is 9.10 Å². The number of hydrogen-bond donors (Lipinski definition) is 1. The van der Waals surface area contributed by atoms with Gasteiger partial charge in [-0.2, -0.15) is 0 Å². The lowest BCUT2D eigenvalue weighted by molar-refractivity contribution is 0.102. The largest absolute Gasteiger partial charge is 0.322 e. The van der Waals surface area contributed by atoms with Gasteiger partial charge in [-0.25, -0.2) is 9.19 Å². The molecule has 7 heteroatoms. The molecule has 1 amide bonds. The van der Waals surface area contributed by atoms with Crippen molar-refractivity contribution in [1.29, 1.82) is 0 Å². The van der Waals surface area contributed by atoms with E-state index >= 15 is 0 Å². The van der Waals surface area contributed by atoms with E-state index in [1.807, 2.05) is 58.9 Å². The molecule has 154 valence electrons. The van der Waals surface area contributed by atoms with Crippen LogP contribution in [0.2, 0.25) is 5.02 Å². The van der Waals surface area contributed by atoms with Crippen LogP contribution in [0, 0.1) is 0 Å². The van der Waals surface area contributed by atoms with E-state index in [1.165, 1.54) is 0 Å². The van der Waals surface area contributed by atoms with Crippen molar-refractivity contribution in [2.45, 2.75) is 0 Å². The molecular formula is C24H18ClN3O2S. The van der Waals surface area contributed by atoms with Gasteiger partial charge in [0, 0.05) is 34.4 Å². The van der Waals surface area contributed by atoms with Crippen molar-refractivity contribution in [2.75, 3.05) is 21.9 Å². The zero-order valence-electron chi connectivity index (χ0n) is 16.4. The Balaban J connectivity index is 1.38. The third-order valence-corrected chi connectivity index (χ3v) is 6.98. The summed E-state index contributed by atoms with van der Waals surface area (Å²) in [7, 11) is -0.947. The van der Waals surface area contributed by atoms with Crippen LogP contribution in [0.3, 0.4) is 0 Å². The number of carbonyl (C=O) groups is 1. The van der Waals surface area contributed by atoms with E-state index in [2.05, 4.69) is 5.32 Å². The molecule has 0 saturated carbocycles. The van der Waals surface area contributed by atoms with Crippen LogP contribution < -0.4 is 9.62 Å². The monoisotopic (exact) mass is 447 g/mol. The van der Waals surface area contributed by atoms with E-state index in [-0.39, 0.29) is 5.91 Å². The molecular weight excluding hydrogens is 430 g/mol. The highest BCUT2D eigenvalue weighted by molar-refractivity contribution is 7.88. The van der Waals surface area contributed by atoms with Crippen molar-refractivity contribution in [1.82, 2.24) is 4.98 Å². The summed E-state index contributed by atoms with van der Waals surface area (Å²) in [6, 6.07) is 24.3. The van der Waals surface area contributed by atoms with Crippen molar-refractivity contribution in [3.05, 3.63) is 89.4 Å². The van der Waals surface area contributed by atoms with E-state index < -0.39 is 11.0 Å². The maximum absolute atomic E-state index is 12.7. The lowest BCUT2D eigenvalue weighted by Gasteiger charge is -2.31. The van der Waals surface area contributed by atoms with E-state index in [0.29, 0.717) is 22.0 Å². The Labute approximate surface area is 187 Å². The van der Waals surface area contributed by atoms with Gasteiger partial charge in [-0.05, 0) is 54.6 Å². The number of nitrogens with one attached hydrogen (secondary N) is 1. The van der Waals surface area contributed by atoms with Gasteiger partial charge in [0.1, 0.15) is 11.0 Å². The first-order valence-electron chi connectivity index (χ1n) is 9.82. The Bertz CT molecular complexity index is 1320. The standard InChI is InChI=1S/C24H18ClN3O2S/c25-21-11-8-18(15-20(21)23-12-7-16-3-1-2-4-22(16)27-23)26-24(29)17-5-9-19(10-6-17)28-13-14-31(28)30/h1-12,15H,13-14H2,(H,26,29). The first kappa shape index (κ1) is 19.7. The fourth-order valence-electron chi connectivity index (χ4n) is 3.50. The second-order valence-electron chi connectivity index (χ2n) is 7.21. The first-order chi connectivity index (χ1) is 15.1. The van der Waals surface area contributed by atoms with E-state index in [0.717, 1.165) is 34.4 Å². The number of halogens is 1. The van der Waals surface area contributed by atoms with Crippen LogP contribution in [-0.2, 0) is 11.0 Å². The summed E-state index contributed by atoms with van der Waals surface area (Å²) in [4.78, 5) is 17.4. The SMILES string of the molecule is O=C(Nc1ccc(Cl)c(-c2ccc3ccccc3n2)c1)c1ccc(N2CCS2=O)cc1. The summed E-state index contributed by atoms with van der Waals surface area (Å²) in [6.45, 7) is 0.772. The average molecular weight is 448 g/mol. The van der Waals surface area contributed by atoms with Crippen LogP contribution in [-0.4, -0.2) is 27.4 Å². The Kier molecular flexibility index (Phi) is 5.18. The summed E-state index contributed by atoms with van der Waals surface area (Å²) in [5.74, 6) is 0.462. The van der Waals surface area contributed by atoms with Gasteiger partial charge in [-0.15, -0.1) is 0 Å². The minimum absolute atomic E-state index is 0.226. The third-order valence-electron chi connectivity index (χ3n) is 5.23. The van der Waals surface area contributed by atoms with Gasteiger partial charge in [0.2, 0.25) is 0 Å². The molecule has 1 aliphatic heterocycles. The highest BCUT2D eigenvalue weighted by atomic mass is 35.5. The minimum atomic E-state index is -0.947. The van der Waals surface area contributed by atoms with Crippen LogP contribution in [0.4, 0.5) is 11.4 Å². The molecule has 0 bridgehead atoms. The average Bonchev–Trinajstić information content (AvgIpc) is 2.79. The number of pyridine rings is 1. The van der Waals surface area contributed by atoms with Crippen LogP contribution in [0.15, 0.2) is 78.9 Å². The number of aromatic nitrogens is 1. The second kappa shape index (κ2) is 8.13. The quantitative estimate of drug-likeness (QED) is 0.462. The van der Waals surface area contributed by atoms with Crippen molar-refractivity contribution in [2.24, 2.45) is 0 Å². The van der Waals surface area contributed by atoms with Gasteiger partial charge in [0.05, 0.1) is 22.0 Å². The molecule has 1 N–H and O–H groups in total. The molecule has 1 fully saturated rings. The zero-order valence-corrected chi connectivity index (χ0v) is 18.0. The van der Waals surface area contributed by atoms with Crippen molar-refractivity contribution in [3.8, 4) is 11.3 Å². The number of rotatable bonds is 4. The summed E-state index contributed by atoms with van der Waals surface area (Å²) >= 11 is 6.43. The number of para-hydroxylation sites is 1. The first-order valence-corrected chi connectivity index (χ1v) is 11.5. The van der Waals surface area contributed by atoms with Crippen molar-refractivity contribution < 1.29 is 9.00 Å². The van der Waals surface area contributed by atoms with Crippen LogP contribution in [0.25, 0.3) is 22.2 Å². The molecule has 0 aliphatic carbocycles. The number of carbonyl (C=O) groups excluding carboxylic acids is 1. The maximum Gasteiger partial charge on any atom is 0.255 e. The highest BCUT2D eigenvalue weighted by Crippen LogP contribution is 2.31. The molecule has 1 aromatic heterocycles. The zero-order chi connectivity index (χ0) is 21.4. The molecule has 5 rings (SSSR count). The van der Waals surface area contributed by atoms with Gasteiger partial charge >= 0.3 is 0 Å². The van der Waals surface area contributed by atoms with Gasteiger partial charge in [0.25, 0.3) is 5.91 Å². The van der Waals surface area contributed by atoms with Crippen molar-refractivity contribution in [3.63, 3.8) is 0 Å². The summed E-state index contributed by atoms with van der Waals surface area (Å²) in [5.41, 5.74) is 4.39. The van der Waals surface area contributed by atoms with Crippen LogP contribution >= 0.6 is 11.6 Å². The Morgan fingerprint density at radius 2 is 1.81 bits per heavy atom. The molecule has 4 aromatic rings. The van der Waals surface area contributed by atoms with Crippen LogP contribution in [0.5, 0.6) is 0 Å². The Morgan fingerprint density at radius 1 is 1.00 bits per heavy atom. The minimum Gasteiger partial charge on any atom is -0.322 e. The van der Waals surface area contributed by atoms with E-state index in [9.17, 15) is 9.00 Å². The van der Waals surface area contributed by atoms with E-state index in [4.69, 9.17) is 16.6 Å². The molecule has 2 heterocycles. The van der Waals surface area contributed by atoms with Crippen LogP contribution in [0.1, 0.15) is 10.4 Å². The lowest BCUT2D eigenvalue weighted by Crippen LogP contribution is -2.42. The molecule has 1 aliphatic rings. The lowest BCUT2D eigenvalue weighted by atomic mass is 10.1. The summed E-state index contributed by atoms with van der Waals surface area (Å²) < 4.78 is 13.5. The Hall–Kier alpha value is -3.22. The number of fused-ring (bicyclic) bond motifs is 1. The fraction of sp³-hybridized carbons (Fsp3) is 0.0833. The normalized spacial score (nSPS) is 15.5. The number of benzene rings is 3. The Morgan fingerprint density at radius 3 is 2.55 bits per heavy atom. The van der Waals surface area contributed by atoms with Gasteiger partial charge < -0.3 is 5.32 Å². The maximum atomic E-state index is 12.7. The second-order valence-corrected chi connectivity index (χ2v) is 9.11. The van der Waals surface area contributed by atoms with Crippen molar-refractivity contribution >= 4 is 50.8 Å². The number of anilines is 2. The van der Waals surface area contributed by atoms with Gasteiger partial charge in [0.15, 0.2) is 0 Å². The smallest absolute Gasteiger partial charge is 0.255 e. The third kappa shape index (κ3) is 3.92. The topological polar surface area (TPSA) is 62.3 Å². The molecule has 3 aromatic carbocycles. The molecule has 1 unspecified atom stereocenters. The molecule has 5 nitrogen and oxygen atoms in total. The molecule has 0 radical (unpaired) electrons. The molecule has 0 spiro atoms. The molecule has 1 saturated heterocycles. The molecule has 31 heavy (non-hydrogen) atoms. The highest BCUT2D eigenvalue weighted by Gasteiger charge is 2.23.